The smallest absolute Gasteiger partial charge is 0.191 e. The lowest BCUT2D eigenvalue weighted by molar-refractivity contribution is 0.0900. The van der Waals surface area contributed by atoms with Crippen molar-refractivity contribution in [1.29, 1.82) is 0 Å². The number of hydrogen-bond donors (Lipinski definition) is 2. The number of likely N-dealkylation sites (N-methyl/N-ethyl adjacent to an activating group) is 1. The van der Waals surface area contributed by atoms with Crippen LogP contribution in [-0.2, 0) is 6.42 Å². The first-order chi connectivity index (χ1) is 12.9. The molecule has 0 aliphatic carbocycles. The van der Waals surface area contributed by atoms with Crippen LogP contribution in [-0.4, -0.2) is 75.2 Å². The molecule has 2 N–H and O–H groups in total. The SMILES string of the molecule is CN=C(NCCc1ccc(F)cc1C)NCC(C(C)C)N1CCN(C)CC1.I. The Morgan fingerprint density at radius 3 is 2.43 bits per heavy atom. The van der Waals surface area contributed by atoms with Crippen LogP contribution in [0.15, 0.2) is 23.2 Å². The first kappa shape index (κ1) is 25.1. The molecule has 2 rings (SSSR count). The van der Waals surface area contributed by atoms with Crippen LogP contribution in [0.2, 0.25) is 0 Å². The van der Waals surface area contributed by atoms with Gasteiger partial charge in [-0.15, -0.1) is 24.0 Å². The molecule has 1 aliphatic heterocycles. The van der Waals surface area contributed by atoms with Crippen LogP contribution in [0.3, 0.4) is 0 Å². The van der Waals surface area contributed by atoms with Gasteiger partial charge in [-0.3, -0.25) is 9.89 Å². The van der Waals surface area contributed by atoms with Crippen LogP contribution in [0.1, 0.15) is 25.0 Å². The molecule has 7 heteroatoms. The standard InChI is InChI=1S/C21H36FN5.HI/c1-16(2)20(27-12-10-26(5)11-13-27)15-25-21(23-4)24-9-8-18-6-7-19(22)14-17(18)3;/h6-7,14,16,20H,8-13,15H2,1-5H3,(H2,23,24,25);1H. The molecule has 1 fully saturated rings. The fourth-order valence-electron chi connectivity index (χ4n) is 3.62. The summed E-state index contributed by atoms with van der Waals surface area (Å²) in [4.78, 5) is 9.33. The van der Waals surface area contributed by atoms with E-state index in [1.807, 2.05) is 13.0 Å². The highest BCUT2D eigenvalue weighted by Crippen LogP contribution is 2.13. The second-order valence-corrected chi connectivity index (χ2v) is 7.85. The van der Waals surface area contributed by atoms with Crippen LogP contribution < -0.4 is 10.6 Å². The number of nitrogens with zero attached hydrogens (tertiary/aromatic N) is 3. The Morgan fingerprint density at radius 2 is 1.86 bits per heavy atom. The second kappa shape index (κ2) is 12.6. The molecule has 1 unspecified atom stereocenters. The van der Waals surface area contributed by atoms with Crippen LogP contribution in [0.4, 0.5) is 4.39 Å². The van der Waals surface area contributed by atoms with Crippen molar-refractivity contribution < 1.29 is 4.39 Å². The Bertz CT molecular complexity index is 615. The fraction of sp³-hybridized carbons (Fsp3) is 0.667. The van der Waals surface area contributed by atoms with Crippen molar-refractivity contribution in [3.63, 3.8) is 0 Å². The molecule has 1 saturated heterocycles. The first-order valence-corrected chi connectivity index (χ1v) is 10.0. The van der Waals surface area contributed by atoms with E-state index in [0.717, 1.165) is 62.8 Å². The van der Waals surface area contributed by atoms with Gasteiger partial charge < -0.3 is 15.5 Å². The highest BCUT2D eigenvalue weighted by Gasteiger charge is 2.24. The highest BCUT2D eigenvalue weighted by atomic mass is 127. The molecule has 5 nitrogen and oxygen atoms in total. The molecule has 1 aromatic rings. The van der Waals surface area contributed by atoms with E-state index >= 15 is 0 Å². The Labute approximate surface area is 187 Å². The van der Waals surface area contributed by atoms with Gasteiger partial charge in [-0.1, -0.05) is 19.9 Å². The van der Waals surface area contributed by atoms with Gasteiger partial charge >= 0.3 is 0 Å². The predicted molar refractivity (Wildman–Crippen MR) is 127 cm³/mol. The molecular formula is C21H37FIN5. The maximum Gasteiger partial charge on any atom is 0.191 e. The van der Waals surface area contributed by atoms with E-state index in [2.05, 4.69) is 46.3 Å². The van der Waals surface area contributed by atoms with Crippen molar-refractivity contribution in [2.24, 2.45) is 10.9 Å². The molecule has 1 atom stereocenters. The van der Waals surface area contributed by atoms with Gasteiger partial charge in [-0.25, -0.2) is 4.39 Å². The van der Waals surface area contributed by atoms with Gasteiger partial charge in [-0.05, 0) is 49.6 Å². The van der Waals surface area contributed by atoms with Gasteiger partial charge in [0.05, 0.1) is 0 Å². The number of rotatable bonds is 7. The molecule has 0 aromatic heterocycles. The topological polar surface area (TPSA) is 42.9 Å². The minimum Gasteiger partial charge on any atom is -0.356 e. The maximum absolute atomic E-state index is 13.2. The molecule has 0 spiro atoms. The van der Waals surface area contributed by atoms with Crippen molar-refractivity contribution in [2.45, 2.75) is 33.2 Å². The molecule has 1 heterocycles. The summed E-state index contributed by atoms with van der Waals surface area (Å²) in [6.07, 6.45) is 0.846. The molecule has 28 heavy (non-hydrogen) atoms. The van der Waals surface area contributed by atoms with E-state index in [4.69, 9.17) is 0 Å². The van der Waals surface area contributed by atoms with E-state index in [1.165, 1.54) is 6.07 Å². The van der Waals surface area contributed by atoms with E-state index < -0.39 is 0 Å². The quantitative estimate of drug-likeness (QED) is 0.340. The Morgan fingerprint density at radius 1 is 1.18 bits per heavy atom. The van der Waals surface area contributed by atoms with Gasteiger partial charge in [0.25, 0.3) is 0 Å². The monoisotopic (exact) mass is 505 g/mol. The molecule has 0 saturated carbocycles. The fourth-order valence-corrected chi connectivity index (χ4v) is 3.62. The summed E-state index contributed by atoms with van der Waals surface area (Å²) in [6, 6.07) is 5.48. The lowest BCUT2D eigenvalue weighted by atomic mass is 10.0. The number of benzene rings is 1. The molecule has 0 radical (unpaired) electrons. The summed E-state index contributed by atoms with van der Waals surface area (Å²) in [7, 11) is 3.99. The van der Waals surface area contributed by atoms with Crippen LogP contribution >= 0.6 is 24.0 Å². The van der Waals surface area contributed by atoms with E-state index in [-0.39, 0.29) is 29.8 Å². The number of guanidine groups is 1. The number of aliphatic imine (C=N–C) groups is 1. The summed E-state index contributed by atoms with van der Waals surface area (Å²) < 4.78 is 13.2. The first-order valence-electron chi connectivity index (χ1n) is 10.0. The minimum absolute atomic E-state index is 0. The lowest BCUT2D eigenvalue weighted by Crippen LogP contribution is -2.55. The molecule has 0 amide bonds. The average molecular weight is 505 g/mol. The zero-order valence-corrected chi connectivity index (χ0v) is 20.3. The van der Waals surface area contributed by atoms with Crippen LogP contribution in [0.25, 0.3) is 0 Å². The third-order valence-electron chi connectivity index (χ3n) is 5.47. The zero-order chi connectivity index (χ0) is 19.8. The summed E-state index contributed by atoms with van der Waals surface area (Å²) in [5.74, 6) is 1.24. The third kappa shape index (κ3) is 7.83. The van der Waals surface area contributed by atoms with Crippen molar-refractivity contribution in [2.75, 3.05) is 53.4 Å². The Balaban J connectivity index is 0.00000392. The van der Waals surface area contributed by atoms with Crippen molar-refractivity contribution in [1.82, 2.24) is 20.4 Å². The second-order valence-electron chi connectivity index (χ2n) is 7.85. The summed E-state index contributed by atoms with van der Waals surface area (Å²) in [5, 5.41) is 6.88. The summed E-state index contributed by atoms with van der Waals surface area (Å²) >= 11 is 0. The number of hydrogen-bond acceptors (Lipinski definition) is 3. The molecular weight excluding hydrogens is 468 g/mol. The predicted octanol–water partition coefficient (Wildman–Crippen LogP) is 2.73. The van der Waals surface area contributed by atoms with E-state index in [0.29, 0.717) is 12.0 Å². The molecule has 1 aliphatic rings. The average Bonchev–Trinajstić information content (AvgIpc) is 2.63. The molecule has 160 valence electrons. The van der Waals surface area contributed by atoms with E-state index in [9.17, 15) is 4.39 Å². The third-order valence-corrected chi connectivity index (χ3v) is 5.47. The number of nitrogens with one attached hydrogen (secondary N) is 2. The molecule has 0 bridgehead atoms. The maximum atomic E-state index is 13.2. The lowest BCUT2D eigenvalue weighted by Gasteiger charge is -2.40. The highest BCUT2D eigenvalue weighted by molar-refractivity contribution is 14.0. The van der Waals surface area contributed by atoms with Crippen LogP contribution in [0.5, 0.6) is 0 Å². The Hall–Kier alpha value is -0.930. The number of halogens is 2. The van der Waals surface area contributed by atoms with Crippen LogP contribution in [0, 0.1) is 18.7 Å². The van der Waals surface area contributed by atoms with Crippen molar-refractivity contribution in [3.05, 3.63) is 35.1 Å². The van der Waals surface area contributed by atoms with Crippen molar-refractivity contribution >= 4 is 29.9 Å². The van der Waals surface area contributed by atoms with Gasteiger partial charge in [0.15, 0.2) is 5.96 Å². The minimum atomic E-state index is -0.176. The summed E-state index contributed by atoms with van der Waals surface area (Å²) in [5.41, 5.74) is 2.16. The number of aryl methyl sites for hydroxylation is 1. The van der Waals surface area contributed by atoms with Gasteiger partial charge in [0.1, 0.15) is 5.82 Å². The molecule has 1 aromatic carbocycles. The van der Waals surface area contributed by atoms with Crippen molar-refractivity contribution in [3.8, 4) is 0 Å². The summed E-state index contributed by atoms with van der Waals surface area (Å²) in [6.45, 7) is 12.7. The normalized spacial score (nSPS) is 17.3. The zero-order valence-electron chi connectivity index (χ0n) is 18.0. The van der Waals surface area contributed by atoms with Gasteiger partial charge in [0.2, 0.25) is 0 Å². The van der Waals surface area contributed by atoms with E-state index in [1.54, 1.807) is 13.1 Å². The van der Waals surface area contributed by atoms with Gasteiger partial charge in [-0.2, -0.15) is 0 Å². The number of piperazine rings is 1. The largest absolute Gasteiger partial charge is 0.356 e. The Kier molecular flexibility index (Phi) is 11.3. The van der Waals surface area contributed by atoms with Gasteiger partial charge in [0, 0.05) is 52.4 Å².